The third-order valence-electron chi connectivity index (χ3n) is 3.54. The SMILES string of the molecule is COc1cccc(-c2ccc(NC(=O)/C(C#N)=C(/C)O)cc2OC)c1. The van der Waals surface area contributed by atoms with Gasteiger partial charge in [-0.1, -0.05) is 12.1 Å². The lowest BCUT2D eigenvalue weighted by Gasteiger charge is -2.12. The van der Waals surface area contributed by atoms with Crippen LogP contribution in [0.15, 0.2) is 53.8 Å². The highest BCUT2D eigenvalue weighted by atomic mass is 16.5. The summed E-state index contributed by atoms with van der Waals surface area (Å²) < 4.78 is 10.6. The van der Waals surface area contributed by atoms with Gasteiger partial charge in [0, 0.05) is 17.3 Å². The Labute approximate surface area is 145 Å². The van der Waals surface area contributed by atoms with Gasteiger partial charge in [0.25, 0.3) is 5.91 Å². The molecule has 0 saturated heterocycles. The van der Waals surface area contributed by atoms with Crippen LogP contribution in [0.3, 0.4) is 0 Å². The first-order chi connectivity index (χ1) is 12.0. The summed E-state index contributed by atoms with van der Waals surface area (Å²) in [5.41, 5.74) is 1.84. The van der Waals surface area contributed by atoms with Crippen molar-refractivity contribution in [2.24, 2.45) is 0 Å². The van der Waals surface area contributed by atoms with Gasteiger partial charge in [-0.05, 0) is 36.8 Å². The molecular weight excluding hydrogens is 320 g/mol. The molecule has 0 aliphatic carbocycles. The number of aliphatic hydroxyl groups excluding tert-OH is 1. The van der Waals surface area contributed by atoms with Crippen molar-refractivity contribution in [2.45, 2.75) is 6.92 Å². The van der Waals surface area contributed by atoms with Crippen LogP contribution in [-0.2, 0) is 4.79 Å². The van der Waals surface area contributed by atoms with Gasteiger partial charge in [0.15, 0.2) is 5.57 Å². The second kappa shape index (κ2) is 7.88. The molecule has 2 aromatic rings. The molecule has 0 aromatic heterocycles. The van der Waals surface area contributed by atoms with Gasteiger partial charge in [-0.3, -0.25) is 4.79 Å². The smallest absolute Gasteiger partial charge is 0.269 e. The van der Waals surface area contributed by atoms with Gasteiger partial charge in [-0.15, -0.1) is 0 Å². The highest BCUT2D eigenvalue weighted by Gasteiger charge is 2.14. The second-order valence-electron chi connectivity index (χ2n) is 5.17. The summed E-state index contributed by atoms with van der Waals surface area (Å²) in [6, 6.07) is 14.3. The summed E-state index contributed by atoms with van der Waals surface area (Å²) in [6.07, 6.45) is 0. The van der Waals surface area contributed by atoms with E-state index in [1.54, 1.807) is 31.4 Å². The number of nitrogens with one attached hydrogen (secondary N) is 1. The number of allylic oxidation sites excluding steroid dienone is 1. The third kappa shape index (κ3) is 4.09. The monoisotopic (exact) mass is 338 g/mol. The van der Waals surface area contributed by atoms with Crippen molar-refractivity contribution in [3.63, 3.8) is 0 Å². The van der Waals surface area contributed by atoms with E-state index in [0.717, 1.165) is 16.9 Å². The van der Waals surface area contributed by atoms with E-state index in [1.165, 1.54) is 14.0 Å². The number of hydrogen-bond donors (Lipinski definition) is 2. The minimum atomic E-state index is -0.682. The Morgan fingerprint density at radius 1 is 1.16 bits per heavy atom. The summed E-state index contributed by atoms with van der Waals surface area (Å²) >= 11 is 0. The molecule has 6 nitrogen and oxygen atoms in total. The molecule has 128 valence electrons. The van der Waals surface area contributed by atoms with Crippen LogP contribution in [0.1, 0.15) is 6.92 Å². The Morgan fingerprint density at radius 3 is 2.52 bits per heavy atom. The predicted molar refractivity (Wildman–Crippen MR) is 94.6 cm³/mol. The molecule has 0 aliphatic heterocycles. The molecule has 0 unspecified atom stereocenters. The highest BCUT2D eigenvalue weighted by Crippen LogP contribution is 2.34. The fourth-order valence-corrected chi connectivity index (χ4v) is 2.29. The largest absolute Gasteiger partial charge is 0.511 e. The predicted octanol–water partition coefficient (Wildman–Crippen LogP) is 3.66. The maximum absolute atomic E-state index is 12.0. The lowest BCUT2D eigenvalue weighted by molar-refractivity contribution is -0.112. The van der Waals surface area contributed by atoms with E-state index in [0.29, 0.717) is 11.4 Å². The molecule has 0 bridgehead atoms. The van der Waals surface area contributed by atoms with Crippen molar-refractivity contribution in [3.05, 3.63) is 53.8 Å². The van der Waals surface area contributed by atoms with E-state index in [1.807, 2.05) is 24.3 Å². The zero-order chi connectivity index (χ0) is 18.4. The number of carbonyl (C=O) groups is 1. The number of amides is 1. The number of benzene rings is 2. The Kier molecular flexibility index (Phi) is 5.64. The molecular formula is C19H18N2O4. The lowest BCUT2D eigenvalue weighted by atomic mass is 10.0. The zero-order valence-corrected chi connectivity index (χ0v) is 14.2. The van der Waals surface area contributed by atoms with Crippen LogP contribution in [-0.4, -0.2) is 25.2 Å². The number of hydrogen-bond acceptors (Lipinski definition) is 5. The quantitative estimate of drug-likeness (QED) is 0.493. The van der Waals surface area contributed by atoms with Gasteiger partial charge in [-0.25, -0.2) is 0 Å². The van der Waals surface area contributed by atoms with E-state index in [-0.39, 0.29) is 11.3 Å². The van der Waals surface area contributed by atoms with Crippen molar-refractivity contribution in [2.75, 3.05) is 19.5 Å². The van der Waals surface area contributed by atoms with Gasteiger partial charge >= 0.3 is 0 Å². The molecule has 2 rings (SSSR count). The number of anilines is 1. The molecule has 6 heteroatoms. The lowest BCUT2D eigenvalue weighted by Crippen LogP contribution is -2.15. The van der Waals surface area contributed by atoms with Crippen molar-refractivity contribution < 1.29 is 19.4 Å². The Balaban J connectivity index is 2.35. The van der Waals surface area contributed by atoms with Gasteiger partial charge in [0.1, 0.15) is 23.3 Å². The van der Waals surface area contributed by atoms with Crippen LogP contribution in [0.2, 0.25) is 0 Å². The molecule has 0 saturated carbocycles. The summed E-state index contributed by atoms with van der Waals surface area (Å²) in [5, 5.41) is 20.9. The maximum Gasteiger partial charge on any atom is 0.269 e. The topological polar surface area (TPSA) is 91.6 Å². The number of carbonyl (C=O) groups excluding carboxylic acids is 1. The van der Waals surface area contributed by atoms with Crippen LogP contribution in [0.25, 0.3) is 11.1 Å². The molecule has 2 N–H and O–H groups in total. The highest BCUT2D eigenvalue weighted by molar-refractivity contribution is 6.07. The zero-order valence-electron chi connectivity index (χ0n) is 14.2. The number of ether oxygens (including phenoxy) is 2. The van der Waals surface area contributed by atoms with E-state index in [9.17, 15) is 9.90 Å². The van der Waals surface area contributed by atoms with E-state index < -0.39 is 5.91 Å². The van der Waals surface area contributed by atoms with Crippen molar-refractivity contribution in [1.29, 1.82) is 5.26 Å². The number of methoxy groups -OCH3 is 2. The fraction of sp³-hybridized carbons (Fsp3) is 0.158. The Hall–Kier alpha value is -3.46. The maximum atomic E-state index is 12.0. The second-order valence-corrected chi connectivity index (χ2v) is 5.17. The molecule has 0 heterocycles. The first kappa shape index (κ1) is 17.9. The molecule has 0 spiro atoms. The molecule has 0 fully saturated rings. The van der Waals surface area contributed by atoms with Gasteiger partial charge in [-0.2, -0.15) is 5.26 Å². The minimum Gasteiger partial charge on any atom is -0.511 e. The van der Waals surface area contributed by atoms with Crippen molar-refractivity contribution >= 4 is 11.6 Å². The van der Waals surface area contributed by atoms with Crippen LogP contribution in [0.4, 0.5) is 5.69 Å². The first-order valence-corrected chi connectivity index (χ1v) is 7.44. The number of nitrogens with zero attached hydrogens (tertiary/aromatic N) is 1. The van der Waals surface area contributed by atoms with E-state index in [2.05, 4.69) is 5.32 Å². The summed E-state index contributed by atoms with van der Waals surface area (Å²) in [6.45, 7) is 1.28. The average molecular weight is 338 g/mol. The molecule has 0 aliphatic rings. The van der Waals surface area contributed by atoms with Gasteiger partial charge < -0.3 is 19.9 Å². The van der Waals surface area contributed by atoms with Crippen LogP contribution < -0.4 is 14.8 Å². The summed E-state index contributed by atoms with van der Waals surface area (Å²) in [4.78, 5) is 12.0. The minimum absolute atomic E-state index is 0.333. The molecule has 2 aromatic carbocycles. The Bertz CT molecular complexity index is 862. The first-order valence-electron chi connectivity index (χ1n) is 7.44. The van der Waals surface area contributed by atoms with Gasteiger partial charge in [0.2, 0.25) is 0 Å². The summed E-state index contributed by atoms with van der Waals surface area (Å²) in [7, 11) is 3.13. The number of aliphatic hydroxyl groups is 1. The van der Waals surface area contributed by atoms with Crippen molar-refractivity contribution in [1.82, 2.24) is 0 Å². The number of nitriles is 1. The molecule has 0 atom stereocenters. The normalized spacial score (nSPS) is 11.1. The average Bonchev–Trinajstić information content (AvgIpc) is 2.61. The standard InChI is InChI=1S/C19H18N2O4/c1-12(22)17(11-20)19(23)21-14-7-8-16(18(10-14)25-3)13-5-4-6-15(9-13)24-2/h4-10,22H,1-3H3,(H,21,23)/b17-12-. The van der Waals surface area contributed by atoms with Crippen LogP contribution >= 0.6 is 0 Å². The molecule has 1 amide bonds. The van der Waals surface area contributed by atoms with E-state index in [4.69, 9.17) is 14.7 Å². The van der Waals surface area contributed by atoms with Gasteiger partial charge in [0.05, 0.1) is 14.2 Å². The fourth-order valence-electron chi connectivity index (χ4n) is 2.29. The molecule has 25 heavy (non-hydrogen) atoms. The van der Waals surface area contributed by atoms with E-state index >= 15 is 0 Å². The third-order valence-corrected chi connectivity index (χ3v) is 3.54. The van der Waals surface area contributed by atoms with Crippen LogP contribution in [0.5, 0.6) is 11.5 Å². The number of rotatable bonds is 5. The summed E-state index contributed by atoms with van der Waals surface area (Å²) in [5.74, 6) is 0.257. The van der Waals surface area contributed by atoms with Crippen molar-refractivity contribution in [3.8, 4) is 28.7 Å². The molecule has 0 radical (unpaired) electrons. The Morgan fingerprint density at radius 2 is 1.92 bits per heavy atom. The van der Waals surface area contributed by atoms with Crippen LogP contribution in [0, 0.1) is 11.3 Å².